The van der Waals surface area contributed by atoms with Crippen LogP contribution in [0.4, 0.5) is 10.1 Å². The van der Waals surface area contributed by atoms with Crippen molar-refractivity contribution < 1.29 is 4.39 Å². The Morgan fingerprint density at radius 3 is 2.50 bits per heavy atom. The third-order valence-electron chi connectivity index (χ3n) is 2.74. The maximum Gasteiger partial charge on any atom is 0.170 e. The van der Waals surface area contributed by atoms with Gasteiger partial charge in [0.05, 0.1) is 0 Å². The van der Waals surface area contributed by atoms with Gasteiger partial charge in [-0.05, 0) is 54.5 Å². The topological polar surface area (TPSA) is 24.1 Å². The van der Waals surface area contributed by atoms with Crippen molar-refractivity contribution in [3.8, 4) is 0 Å². The van der Waals surface area contributed by atoms with Crippen molar-refractivity contribution >= 4 is 38.9 Å². The van der Waals surface area contributed by atoms with Crippen molar-refractivity contribution in [2.24, 2.45) is 0 Å². The predicted molar refractivity (Wildman–Crippen MR) is 88.5 cm³/mol. The summed E-state index contributed by atoms with van der Waals surface area (Å²) >= 11 is 8.56. The summed E-state index contributed by atoms with van der Waals surface area (Å²) in [6, 6.07) is 14.5. The van der Waals surface area contributed by atoms with Crippen molar-refractivity contribution in [2.45, 2.75) is 6.42 Å². The van der Waals surface area contributed by atoms with E-state index in [9.17, 15) is 4.39 Å². The first-order valence-electron chi connectivity index (χ1n) is 6.19. The van der Waals surface area contributed by atoms with Crippen LogP contribution < -0.4 is 10.6 Å². The SMILES string of the molecule is Fc1ccccc1CCNC(=S)Nc1ccc(Br)cc1. The molecule has 2 nitrogen and oxygen atoms in total. The molecule has 0 saturated carbocycles. The first-order chi connectivity index (χ1) is 9.65. The number of rotatable bonds is 4. The molecular weight excluding hydrogens is 339 g/mol. The van der Waals surface area contributed by atoms with E-state index in [1.807, 2.05) is 30.3 Å². The van der Waals surface area contributed by atoms with E-state index >= 15 is 0 Å². The molecule has 0 bridgehead atoms. The monoisotopic (exact) mass is 352 g/mol. The minimum atomic E-state index is -0.180. The quantitative estimate of drug-likeness (QED) is 0.809. The molecule has 20 heavy (non-hydrogen) atoms. The van der Waals surface area contributed by atoms with Crippen LogP contribution >= 0.6 is 28.1 Å². The highest BCUT2D eigenvalue weighted by atomic mass is 79.9. The second kappa shape index (κ2) is 7.36. The third kappa shape index (κ3) is 4.58. The lowest BCUT2D eigenvalue weighted by Crippen LogP contribution is -2.30. The molecule has 0 amide bonds. The van der Waals surface area contributed by atoms with Crippen LogP contribution in [0.15, 0.2) is 53.0 Å². The van der Waals surface area contributed by atoms with Crippen LogP contribution in [0, 0.1) is 5.82 Å². The number of benzene rings is 2. The van der Waals surface area contributed by atoms with Crippen molar-refractivity contribution in [3.63, 3.8) is 0 Å². The Labute approximate surface area is 131 Å². The highest BCUT2D eigenvalue weighted by Gasteiger charge is 2.01. The van der Waals surface area contributed by atoms with E-state index in [1.54, 1.807) is 12.1 Å². The van der Waals surface area contributed by atoms with Crippen LogP contribution in [0.2, 0.25) is 0 Å². The maximum absolute atomic E-state index is 13.4. The Morgan fingerprint density at radius 1 is 1.10 bits per heavy atom. The number of hydrogen-bond acceptors (Lipinski definition) is 1. The summed E-state index contributed by atoms with van der Waals surface area (Å²) < 4.78 is 14.4. The van der Waals surface area contributed by atoms with Crippen molar-refractivity contribution in [1.29, 1.82) is 0 Å². The zero-order chi connectivity index (χ0) is 14.4. The van der Waals surface area contributed by atoms with Gasteiger partial charge in [0.15, 0.2) is 5.11 Å². The molecule has 0 aliphatic rings. The summed E-state index contributed by atoms with van der Waals surface area (Å²) in [5.74, 6) is -0.180. The van der Waals surface area contributed by atoms with Gasteiger partial charge in [-0.2, -0.15) is 0 Å². The molecule has 2 N–H and O–H groups in total. The van der Waals surface area contributed by atoms with Gasteiger partial charge in [-0.1, -0.05) is 34.1 Å². The Hall–Kier alpha value is -1.46. The van der Waals surface area contributed by atoms with Crippen molar-refractivity contribution in [1.82, 2.24) is 5.32 Å². The first-order valence-corrected chi connectivity index (χ1v) is 7.39. The molecule has 0 unspecified atom stereocenters. The summed E-state index contributed by atoms with van der Waals surface area (Å²) in [5.41, 5.74) is 1.60. The van der Waals surface area contributed by atoms with E-state index in [2.05, 4.69) is 26.6 Å². The highest BCUT2D eigenvalue weighted by Crippen LogP contribution is 2.13. The molecule has 2 aromatic carbocycles. The summed E-state index contributed by atoms with van der Waals surface area (Å²) in [4.78, 5) is 0. The molecule has 0 saturated heterocycles. The molecule has 0 aliphatic carbocycles. The minimum Gasteiger partial charge on any atom is -0.362 e. The molecule has 2 aromatic rings. The molecule has 0 spiro atoms. The molecule has 0 heterocycles. The van der Waals surface area contributed by atoms with E-state index in [1.165, 1.54) is 6.07 Å². The van der Waals surface area contributed by atoms with Gasteiger partial charge in [0.1, 0.15) is 5.82 Å². The van der Waals surface area contributed by atoms with Gasteiger partial charge in [0.25, 0.3) is 0 Å². The second-order valence-electron chi connectivity index (χ2n) is 4.23. The minimum absolute atomic E-state index is 0.180. The van der Waals surface area contributed by atoms with Crippen LogP contribution in [0.3, 0.4) is 0 Å². The van der Waals surface area contributed by atoms with E-state index in [0.717, 1.165) is 10.2 Å². The number of halogens is 2. The van der Waals surface area contributed by atoms with Gasteiger partial charge in [-0.3, -0.25) is 0 Å². The number of thiocarbonyl (C=S) groups is 1. The molecule has 0 aliphatic heterocycles. The van der Waals surface area contributed by atoms with Gasteiger partial charge < -0.3 is 10.6 Å². The van der Waals surface area contributed by atoms with Gasteiger partial charge in [0.2, 0.25) is 0 Å². The van der Waals surface area contributed by atoms with Crippen LogP contribution in [-0.4, -0.2) is 11.7 Å². The summed E-state index contributed by atoms with van der Waals surface area (Å²) in [7, 11) is 0. The standard InChI is InChI=1S/C15H14BrFN2S/c16-12-5-7-13(8-6-12)19-15(20)18-10-9-11-3-1-2-4-14(11)17/h1-8H,9-10H2,(H2,18,19,20). The van der Waals surface area contributed by atoms with Crippen LogP contribution in [-0.2, 0) is 6.42 Å². The Balaban J connectivity index is 1.78. The van der Waals surface area contributed by atoms with Crippen LogP contribution in [0.1, 0.15) is 5.56 Å². The fourth-order valence-electron chi connectivity index (χ4n) is 1.72. The van der Waals surface area contributed by atoms with Crippen LogP contribution in [0.5, 0.6) is 0 Å². The van der Waals surface area contributed by atoms with Gasteiger partial charge in [-0.25, -0.2) is 4.39 Å². The maximum atomic E-state index is 13.4. The lowest BCUT2D eigenvalue weighted by molar-refractivity contribution is 0.607. The Morgan fingerprint density at radius 2 is 1.80 bits per heavy atom. The van der Waals surface area contributed by atoms with E-state index in [0.29, 0.717) is 23.6 Å². The Kier molecular flexibility index (Phi) is 5.49. The largest absolute Gasteiger partial charge is 0.362 e. The van der Waals surface area contributed by atoms with E-state index < -0.39 is 0 Å². The highest BCUT2D eigenvalue weighted by molar-refractivity contribution is 9.10. The molecule has 0 atom stereocenters. The molecule has 5 heteroatoms. The lowest BCUT2D eigenvalue weighted by atomic mass is 10.1. The zero-order valence-corrected chi connectivity index (χ0v) is 13.1. The van der Waals surface area contributed by atoms with E-state index in [4.69, 9.17) is 12.2 Å². The van der Waals surface area contributed by atoms with Gasteiger partial charge in [0, 0.05) is 16.7 Å². The molecule has 0 radical (unpaired) electrons. The molecule has 2 rings (SSSR count). The third-order valence-corrected chi connectivity index (χ3v) is 3.51. The zero-order valence-electron chi connectivity index (χ0n) is 10.7. The number of hydrogen-bond donors (Lipinski definition) is 2. The average Bonchev–Trinajstić information content (AvgIpc) is 2.43. The molecular formula is C15H14BrFN2S. The van der Waals surface area contributed by atoms with Gasteiger partial charge in [-0.15, -0.1) is 0 Å². The summed E-state index contributed by atoms with van der Waals surface area (Å²) in [6.07, 6.45) is 0.592. The first kappa shape index (κ1) is 14.9. The average molecular weight is 353 g/mol. The predicted octanol–water partition coefficient (Wildman–Crippen LogP) is 4.12. The molecule has 0 fully saturated rings. The fourth-order valence-corrected chi connectivity index (χ4v) is 2.20. The fraction of sp³-hybridized carbons (Fsp3) is 0.133. The number of anilines is 1. The smallest absolute Gasteiger partial charge is 0.170 e. The van der Waals surface area contributed by atoms with Gasteiger partial charge >= 0.3 is 0 Å². The second-order valence-corrected chi connectivity index (χ2v) is 5.55. The van der Waals surface area contributed by atoms with E-state index in [-0.39, 0.29) is 5.82 Å². The normalized spacial score (nSPS) is 10.1. The van der Waals surface area contributed by atoms with Crippen LogP contribution in [0.25, 0.3) is 0 Å². The number of nitrogens with one attached hydrogen (secondary N) is 2. The summed E-state index contributed by atoms with van der Waals surface area (Å²) in [5, 5.41) is 6.67. The van der Waals surface area contributed by atoms with Crippen molar-refractivity contribution in [3.05, 3.63) is 64.4 Å². The summed E-state index contributed by atoms with van der Waals surface area (Å²) in [6.45, 7) is 0.587. The molecule has 104 valence electrons. The Bertz CT molecular complexity index is 587. The molecule has 0 aromatic heterocycles. The lowest BCUT2D eigenvalue weighted by Gasteiger charge is -2.10. The van der Waals surface area contributed by atoms with Crippen molar-refractivity contribution in [2.75, 3.05) is 11.9 Å².